The van der Waals surface area contributed by atoms with Crippen LogP contribution >= 0.6 is 0 Å². The Morgan fingerprint density at radius 2 is 2.19 bits per heavy atom. The van der Waals surface area contributed by atoms with E-state index in [1.54, 1.807) is 0 Å². The molecule has 16 heavy (non-hydrogen) atoms. The van der Waals surface area contributed by atoms with Gasteiger partial charge in [0.05, 0.1) is 0 Å². The molecule has 1 heterocycles. The molecular weight excluding hydrogens is 204 g/mol. The van der Waals surface area contributed by atoms with Crippen molar-refractivity contribution in [3.63, 3.8) is 0 Å². The largest absolute Gasteiger partial charge is 0.301 e. The van der Waals surface area contributed by atoms with E-state index >= 15 is 0 Å². The first-order valence-electron chi connectivity index (χ1n) is 6.17. The normalized spacial score (nSPS) is 21.6. The Morgan fingerprint density at radius 1 is 1.50 bits per heavy atom. The van der Waals surface area contributed by atoms with Crippen molar-refractivity contribution in [3.05, 3.63) is 0 Å². The minimum absolute atomic E-state index is 0.0775. The van der Waals surface area contributed by atoms with E-state index in [4.69, 9.17) is 5.84 Å². The molecule has 0 bridgehead atoms. The van der Waals surface area contributed by atoms with Gasteiger partial charge in [0, 0.05) is 25.6 Å². The van der Waals surface area contributed by atoms with Gasteiger partial charge in [-0.3, -0.25) is 15.1 Å². The van der Waals surface area contributed by atoms with Gasteiger partial charge >= 0.3 is 0 Å². The Hall–Kier alpha value is -0.650. The summed E-state index contributed by atoms with van der Waals surface area (Å²) in [5.74, 6) is 4.97. The number of hydrogen-bond donors (Lipinski definition) is 2. The molecule has 0 aromatic heterocycles. The van der Waals surface area contributed by atoms with Crippen molar-refractivity contribution in [3.8, 4) is 0 Å². The minimum atomic E-state index is -0.0775. The highest BCUT2D eigenvalue weighted by Crippen LogP contribution is 2.15. The SMILES string of the molecule is CCN(CC)C1CCN(CCC(=O)NN)C1. The standard InChI is InChI=1S/C11H24N4O/c1-3-15(4-2)10-5-7-14(9-10)8-6-11(16)13-12/h10H,3-9,12H2,1-2H3,(H,13,16). The molecule has 1 amide bonds. The Kier molecular flexibility index (Phi) is 5.73. The van der Waals surface area contributed by atoms with Gasteiger partial charge in [0.2, 0.25) is 5.91 Å². The smallest absolute Gasteiger partial charge is 0.235 e. The summed E-state index contributed by atoms with van der Waals surface area (Å²) in [5.41, 5.74) is 2.17. The van der Waals surface area contributed by atoms with Crippen LogP contribution in [-0.2, 0) is 4.79 Å². The van der Waals surface area contributed by atoms with Gasteiger partial charge in [-0.2, -0.15) is 0 Å². The Bertz CT molecular complexity index is 218. The van der Waals surface area contributed by atoms with Crippen LogP contribution in [0, 0.1) is 0 Å². The third kappa shape index (κ3) is 3.73. The van der Waals surface area contributed by atoms with Crippen LogP contribution in [0.5, 0.6) is 0 Å². The average molecular weight is 228 g/mol. The minimum Gasteiger partial charge on any atom is -0.301 e. The number of likely N-dealkylation sites (tertiary alicyclic amines) is 1. The summed E-state index contributed by atoms with van der Waals surface area (Å²) >= 11 is 0. The second-order valence-corrected chi connectivity index (χ2v) is 4.28. The summed E-state index contributed by atoms with van der Waals surface area (Å²) in [6.45, 7) is 9.62. The number of carbonyl (C=O) groups is 1. The monoisotopic (exact) mass is 228 g/mol. The summed E-state index contributed by atoms with van der Waals surface area (Å²) in [6.07, 6.45) is 1.72. The zero-order chi connectivity index (χ0) is 12.0. The summed E-state index contributed by atoms with van der Waals surface area (Å²) in [5, 5.41) is 0. The molecule has 1 fully saturated rings. The quantitative estimate of drug-likeness (QED) is 0.375. The number of hydrazine groups is 1. The van der Waals surface area contributed by atoms with Crippen LogP contribution in [0.15, 0.2) is 0 Å². The lowest BCUT2D eigenvalue weighted by molar-refractivity contribution is -0.121. The maximum absolute atomic E-state index is 11.0. The van der Waals surface area contributed by atoms with Gasteiger partial charge in [-0.05, 0) is 26.1 Å². The fourth-order valence-electron chi connectivity index (χ4n) is 2.39. The molecule has 1 rings (SSSR count). The van der Waals surface area contributed by atoms with Gasteiger partial charge in [-0.15, -0.1) is 0 Å². The van der Waals surface area contributed by atoms with Crippen molar-refractivity contribution < 1.29 is 4.79 Å². The van der Waals surface area contributed by atoms with Gasteiger partial charge in [0.25, 0.3) is 0 Å². The highest BCUT2D eigenvalue weighted by Gasteiger charge is 2.25. The van der Waals surface area contributed by atoms with E-state index in [0.717, 1.165) is 32.7 Å². The van der Waals surface area contributed by atoms with Crippen molar-refractivity contribution in [1.82, 2.24) is 15.2 Å². The van der Waals surface area contributed by atoms with Gasteiger partial charge in [0.1, 0.15) is 0 Å². The number of hydrogen-bond acceptors (Lipinski definition) is 4. The number of amides is 1. The van der Waals surface area contributed by atoms with Crippen molar-refractivity contribution in [1.29, 1.82) is 0 Å². The molecule has 5 nitrogen and oxygen atoms in total. The first-order valence-corrected chi connectivity index (χ1v) is 6.17. The van der Waals surface area contributed by atoms with Gasteiger partial charge in [-0.25, -0.2) is 5.84 Å². The molecule has 5 heteroatoms. The molecule has 1 saturated heterocycles. The highest BCUT2D eigenvalue weighted by molar-refractivity contribution is 5.75. The van der Waals surface area contributed by atoms with Crippen molar-refractivity contribution >= 4 is 5.91 Å². The van der Waals surface area contributed by atoms with Crippen molar-refractivity contribution in [2.75, 3.05) is 32.7 Å². The number of rotatable bonds is 6. The molecule has 1 unspecified atom stereocenters. The van der Waals surface area contributed by atoms with Gasteiger partial charge < -0.3 is 4.90 Å². The van der Waals surface area contributed by atoms with Crippen LogP contribution in [0.4, 0.5) is 0 Å². The fourth-order valence-corrected chi connectivity index (χ4v) is 2.39. The van der Waals surface area contributed by atoms with E-state index < -0.39 is 0 Å². The number of carbonyl (C=O) groups excluding carboxylic acids is 1. The third-order valence-electron chi connectivity index (χ3n) is 3.39. The first-order chi connectivity index (χ1) is 7.71. The Labute approximate surface area is 97.9 Å². The fraction of sp³-hybridized carbons (Fsp3) is 0.909. The van der Waals surface area contributed by atoms with E-state index in [1.165, 1.54) is 6.42 Å². The predicted molar refractivity (Wildman–Crippen MR) is 64.7 cm³/mol. The molecule has 1 aliphatic rings. The lowest BCUT2D eigenvalue weighted by atomic mass is 10.2. The van der Waals surface area contributed by atoms with E-state index in [0.29, 0.717) is 12.5 Å². The number of likely N-dealkylation sites (N-methyl/N-ethyl adjacent to an activating group) is 1. The zero-order valence-electron chi connectivity index (χ0n) is 10.4. The van der Waals surface area contributed by atoms with Gasteiger partial charge in [0.15, 0.2) is 0 Å². The molecule has 0 aromatic rings. The predicted octanol–water partition coefficient (Wildman–Crippen LogP) is -0.217. The molecule has 0 spiro atoms. The van der Waals surface area contributed by atoms with Crippen LogP contribution in [0.25, 0.3) is 0 Å². The maximum Gasteiger partial charge on any atom is 0.235 e. The average Bonchev–Trinajstić information content (AvgIpc) is 2.76. The van der Waals surface area contributed by atoms with Crippen molar-refractivity contribution in [2.45, 2.75) is 32.7 Å². The summed E-state index contributed by atoms with van der Waals surface area (Å²) in [7, 11) is 0. The van der Waals surface area contributed by atoms with Crippen LogP contribution < -0.4 is 11.3 Å². The van der Waals surface area contributed by atoms with Gasteiger partial charge in [-0.1, -0.05) is 13.8 Å². The number of nitrogens with one attached hydrogen (secondary N) is 1. The lowest BCUT2D eigenvalue weighted by Crippen LogP contribution is -2.38. The molecule has 1 aliphatic heterocycles. The van der Waals surface area contributed by atoms with E-state index in [9.17, 15) is 4.79 Å². The first kappa shape index (κ1) is 13.4. The maximum atomic E-state index is 11.0. The van der Waals surface area contributed by atoms with Crippen molar-refractivity contribution in [2.24, 2.45) is 5.84 Å². The molecular formula is C11H24N4O. The van der Waals surface area contributed by atoms with E-state index in [-0.39, 0.29) is 5.91 Å². The Morgan fingerprint density at radius 3 is 2.75 bits per heavy atom. The molecule has 94 valence electrons. The second kappa shape index (κ2) is 6.83. The molecule has 3 N–H and O–H groups in total. The third-order valence-corrected chi connectivity index (χ3v) is 3.39. The molecule has 0 radical (unpaired) electrons. The van der Waals surface area contributed by atoms with Crippen LogP contribution in [0.3, 0.4) is 0 Å². The van der Waals surface area contributed by atoms with Crippen LogP contribution in [0.1, 0.15) is 26.7 Å². The molecule has 1 atom stereocenters. The molecule has 0 aliphatic carbocycles. The highest BCUT2D eigenvalue weighted by atomic mass is 16.2. The number of nitrogens with two attached hydrogens (primary N) is 1. The summed E-state index contributed by atoms with van der Waals surface area (Å²) in [4.78, 5) is 15.9. The zero-order valence-corrected chi connectivity index (χ0v) is 10.4. The summed E-state index contributed by atoms with van der Waals surface area (Å²) in [6, 6.07) is 0.663. The summed E-state index contributed by atoms with van der Waals surface area (Å²) < 4.78 is 0. The van der Waals surface area contributed by atoms with E-state index in [1.807, 2.05) is 0 Å². The second-order valence-electron chi connectivity index (χ2n) is 4.28. The van der Waals surface area contributed by atoms with E-state index in [2.05, 4.69) is 29.1 Å². The van der Waals surface area contributed by atoms with Crippen LogP contribution in [0.2, 0.25) is 0 Å². The van der Waals surface area contributed by atoms with Crippen LogP contribution in [-0.4, -0.2) is 54.5 Å². The molecule has 0 saturated carbocycles. The molecule has 0 aromatic carbocycles. The topological polar surface area (TPSA) is 61.6 Å². The Balaban J connectivity index is 2.26. The lowest BCUT2D eigenvalue weighted by Gasteiger charge is -2.26. The number of nitrogens with zero attached hydrogens (tertiary/aromatic N) is 2.